The van der Waals surface area contributed by atoms with Crippen molar-refractivity contribution in [3.05, 3.63) is 60.2 Å². The number of benzene rings is 1. The Bertz CT molecular complexity index is 1050. The molecular weight excluding hydrogens is 422 g/mol. The summed E-state index contributed by atoms with van der Waals surface area (Å²) < 4.78 is 7.16. The van der Waals surface area contributed by atoms with Gasteiger partial charge in [-0.05, 0) is 31.5 Å². The Morgan fingerprint density at radius 1 is 1.06 bits per heavy atom. The van der Waals surface area contributed by atoms with E-state index in [1.807, 2.05) is 38.1 Å². The van der Waals surface area contributed by atoms with Crippen LogP contribution in [0, 0.1) is 13.8 Å². The predicted octanol–water partition coefficient (Wildman–Crippen LogP) is 2.27. The number of nitrogens with one attached hydrogen (secondary N) is 2. The van der Waals surface area contributed by atoms with Crippen LogP contribution in [0.2, 0.25) is 0 Å². The maximum absolute atomic E-state index is 12.4. The Kier molecular flexibility index (Phi) is 8.34. The predicted molar refractivity (Wildman–Crippen MR) is 125 cm³/mol. The summed E-state index contributed by atoms with van der Waals surface area (Å²) in [7, 11) is 1.72. The van der Waals surface area contributed by atoms with Crippen molar-refractivity contribution in [1.29, 1.82) is 0 Å². The molecule has 0 aliphatic carbocycles. The third kappa shape index (κ3) is 7.91. The molecule has 1 aromatic carbocycles. The number of aryl methyl sites for hydroxylation is 2. The number of carbonyl (C=O) groups excluding carboxylic acids is 2. The topological polar surface area (TPSA) is 114 Å². The number of hydrogen-bond acceptors (Lipinski definition) is 7. The Labute approximate surface area is 193 Å². The zero-order valence-corrected chi connectivity index (χ0v) is 19.1. The molecule has 3 aromatic rings. The highest BCUT2D eigenvalue weighted by Crippen LogP contribution is 2.11. The van der Waals surface area contributed by atoms with E-state index in [9.17, 15) is 9.59 Å². The molecule has 0 aliphatic heterocycles. The van der Waals surface area contributed by atoms with Crippen LogP contribution in [0.1, 0.15) is 17.5 Å². The fraction of sp³-hybridized carbons (Fsp3) is 0.348. The van der Waals surface area contributed by atoms with Crippen LogP contribution in [0.3, 0.4) is 0 Å². The fourth-order valence-corrected chi connectivity index (χ4v) is 2.83. The normalized spacial score (nSPS) is 10.5. The number of nitrogens with zero attached hydrogens (tertiary/aromatic N) is 5. The van der Waals surface area contributed by atoms with Gasteiger partial charge in [-0.1, -0.05) is 17.7 Å². The van der Waals surface area contributed by atoms with Crippen LogP contribution >= 0.6 is 0 Å². The van der Waals surface area contributed by atoms with E-state index in [0.717, 1.165) is 16.9 Å². The standard InChI is InChI=1S/C23H29N7O3/c1-17-4-6-20(7-5-17)33-11-10-29(3)22(32)16-30-15-19(14-27-30)28-21(31)8-9-24-23-25-12-18(2)13-26-23/h4-7,12-15H,8-11,16H2,1-3H3,(H,28,31)(H,24,25,26). The minimum Gasteiger partial charge on any atom is -0.492 e. The van der Waals surface area contributed by atoms with E-state index < -0.39 is 0 Å². The van der Waals surface area contributed by atoms with Gasteiger partial charge in [0.2, 0.25) is 17.8 Å². The van der Waals surface area contributed by atoms with Crippen LogP contribution in [0.25, 0.3) is 0 Å². The minimum atomic E-state index is -0.175. The monoisotopic (exact) mass is 451 g/mol. The molecular formula is C23H29N7O3. The summed E-state index contributed by atoms with van der Waals surface area (Å²) in [5.74, 6) is 0.972. The highest BCUT2D eigenvalue weighted by atomic mass is 16.5. The first-order chi connectivity index (χ1) is 15.9. The first kappa shape index (κ1) is 23.7. The lowest BCUT2D eigenvalue weighted by Crippen LogP contribution is -2.33. The van der Waals surface area contributed by atoms with Crippen molar-refractivity contribution in [3.8, 4) is 5.75 Å². The number of likely N-dealkylation sites (N-methyl/N-ethyl adjacent to an activating group) is 1. The summed E-state index contributed by atoms with van der Waals surface area (Å²) in [4.78, 5) is 34.4. The van der Waals surface area contributed by atoms with Crippen molar-refractivity contribution in [2.24, 2.45) is 0 Å². The Morgan fingerprint density at radius 2 is 1.79 bits per heavy atom. The van der Waals surface area contributed by atoms with Crippen LogP contribution in [-0.2, 0) is 16.1 Å². The number of carbonyl (C=O) groups is 2. The lowest BCUT2D eigenvalue weighted by atomic mass is 10.2. The highest BCUT2D eigenvalue weighted by molar-refractivity contribution is 5.90. The minimum absolute atomic E-state index is 0.0726. The van der Waals surface area contributed by atoms with Crippen LogP contribution in [0.4, 0.5) is 11.6 Å². The molecule has 3 rings (SSSR count). The molecule has 0 unspecified atom stereocenters. The number of hydrogen-bond donors (Lipinski definition) is 2. The molecule has 0 saturated carbocycles. The van der Waals surface area contributed by atoms with Crippen molar-refractivity contribution in [2.45, 2.75) is 26.8 Å². The van der Waals surface area contributed by atoms with Crippen LogP contribution in [-0.4, -0.2) is 63.2 Å². The van der Waals surface area contributed by atoms with Crippen molar-refractivity contribution >= 4 is 23.5 Å². The lowest BCUT2D eigenvalue weighted by Gasteiger charge is -2.17. The van der Waals surface area contributed by atoms with Gasteiger partial charge in [-0.15, -0.1) is 0 Å². The molecule has 0 aliphatic rings. The number of aromatic nitrogens is 4. The average molecular weight is 452 g/mol. The van der Waals surface area contributed by atoms with Gasteiger partial charge in [0.15, 0.2) is 0 Å². The Hall–Kier alpha value is -3.95. The smallest absolute Gasteiger partial charge is 0.244 e. The maximum Gasteiger partial charge on any atom is 0.244 e. The Balaban J connectivity index is 1.36. The summed E-state index contributed by atoms with van der Waals surface area (Å²) in [6.45, 7) is 5.24. The summed E-state index contributed by atoms with van der Waals surface area (Å²) in [6.07, 6.45) is 6.80. The van der Waals surface area contributed by atoms with Gasteiger partial charge in [0, 0.05) is 38.6 Å². The summed E-state index contributed by atoms with van der Waals surface area (Å²) >= 11 is 0. The second-order valence-electron chi connectivity index (χ2n) is 7.71. The SMILES string of the molecule is Cc1ccc(OCCN(C)C(=O)Cn2cc(NC(=O)CCNc3ncc(C)cn3)cn2)cc1. The van der Waals surface area contributed by atoms with E-state index in [-0.39, 0.29) is 24.8 Å². The second kappa shape index (κ2) is 11.6. The molecule has 0 saturated heterocycles. The van der Waals surface area contributed by atoms with Gasteiger partial charge >= 0.3 is 0 Å². The van der Waals surface area contributed by atoms with Crippen molar-refractivity contribution < 1.29 is 14.3 Å². The van der Waals surface area contributed by atoms with Gasteiger partial charge in [0.05, 0.1) is 18.4 Å². The quantitative estimate of drug-likeness (QED) is 0.460. The molecule has 2 amide bonds. The highest BCUT2D eigenvalue weighted by Gasteiger charge is 2.12. The summed E-state index contributed by atoms with van der Waals surface area (Å²) in [5, 5.41) is 9.92. The van der Waals surface area contributed by atoms with Crippen LogP contribution < -0.4 is 15.4 Å². The molecule has 0 atom stereocenters. The second-order valence-corrected chi connectivity index (χ2v) is 7.71. The first-order valence-electron chi connectivity index (χ1n) is 10.7. The molecule has 0 bridgehead atoms. The van der Waals surface area contributed by atoms with Crippen molar-refractivity contribution in [1.82, 2.24) is 24.6 Å². The van der Waals surface area contributed by atoms with Gasteiger partial charge in [0.25, 0.3) is 0 Å². The molecule has 174 valence electrons. The lowest BCUT2D eigenvalue weighted by molar-refractivity contribution is -0.131. The molecule has 33 heavy (non-hydrogen) atoms. The molecule has 0 fully saturated rings. The van der Waals surface area contributed by atoms with E-state index in [0.29, 0.717) is 31.3 Å². The third-order valence-electron chi connectivity index (χ3n) is 4.77. The van der Waals surface area contributed by atoms with Gasteiger partial charge in [0.1, 0.15) is 18.9 Å². The fourth-order valence-electron chi connectivity index (χ4n) is 2.83. The first-order valence-corrected chi connectivity index (χ1v) is 10.7. The zero-order valence-electron chi connectivity index (χ0n) is 19.1. The van der Waals surface area contributed by atoms with E-state index in [4.69, 9.17) is 4.74 Å². The van der Waals surface area contributed by atoms with Crippen molar-refractivity contribution in [2.75, 3.05) is 37.4 Å². The Morgan fingerprint density at radius 3 is 2.52 bits per heavy atom. The van der Waals surface area contributed by atoms with Gasteiger partial charge in [-0.25, -0.2) is 9.97 Å². The van der Waals surface area contributed by atoms with Gasteiger partial charge in [-0.3, -0.25) is 14.3 Å². The molecule has 2 heterocycles. The van der Waals surface area contributed by atoms with E-state index in [1.165, 1.54) is 10.9 Å². The number of anilines is 2. The molecule has 10 nitrogen and oxygen atoms in total. The number of ether oxygens (including phenoxy) is 1. The van der Waals surface area contributed by atoms with Crippen LogP contribution in [0.5, 0.6) is 5.75 Å². The third-order valence-corrected chi connectivity index (χ3v) is 4.77. The average Bonchev–Trinajstić information content (AvgIpc) is 3.22. The van der Waals surface area contributed by atoms with E-state index >= 15 is 0 Å². The molecule has 2 aromatic heterocycles. The van der Waals surface area contributed by atoms with E-state index in [1.54, 1.807) is 30.5 Å². The largest absolute Gasteiger partial charge is 0.492 e. The zero-order chi connectivity index (χ0) is 23.6. The van der Waals surface area contributed by atoms with Gasteiger partial charge < -0.3 is 20.3 Å². The molecule has 2 N–H and O–H groups in total. The molecule has 0 spiro atoms. The van der Waals surface area contributed by atoms with E-state index in [2.05, 4.69) is 25.7 Å². The van der Waals surface area contributed by atoms with Gasteiger partial charge in [-0.2, -0.15) is 5.10 Å². The number of amides is 2. The summed E-state index contributed by atoms with van der Waals surface area (Å²) in [5.41, 5.74) is 2.67. The molecule has 0 radical (unpaired) electrons. The number of rotatable bonds is 11. The maximum atomic E-state index is 12.4. The van der Waals surface area contributed by atoms with Crippen molar-refractivity contribution in [3.63, 3.8) is 0 Å². The van der Waals surface area contributed by atoms with Crippen LogP contribution in [0.15, 0.2) is 49.1 Å². The molecule has 10 heteroatoms. The summed E-state index contributed by atoms with van der Waals surface area (Å²) in [6, 6.07) is 7.77.